The van der Waals surface area contributed by atoms with E-state index >= 15 is 0 Å². The molecule has 0 aliphatic heterocycles. The number of carboxylic acids is 1. The van der Waals surface area contributed by atoms with Crippen molar-refractivity contribution in [2.75, 3.05) is 6.54 Å². The van der Waals surface area contributed by atoms with E-state index in [4.69, 9.17) is 17.2 Å². The van der Waals surface area contributed by atoms with Crippen molar-refractivity contribution in [2.45, 2.75) is 97.8 Å². The van der Waals surface area contributed by atoms with Gasteiger partial charge in [-0.15, -0.1) is 0 Å². The molecule has 0 saturated carbocycles. The first-order valence-corrected chi connectivity index (χ1v) is 12.7. The summed E-state index contributed by atoms with van der Waals surface area (Å²) in [5.74, 6) is -3.44. The predicted molar refractivity (Wildman–Crippen MR) is 140 cm³/mol. The van der Waals surface area contributed by atoms with Gasteiger partial charge in [-0.2, -0.15) is 0 Å². The van der Waals surface area contributed by atoms with Crippen LogP contribution in [0.25, 0.3) is 0 Å². The largest absolute Gasteiger partial charge is 0.480 e. The molecule has 208 valence electrons. The van der Waals surface area contributed by atoms with Crippen LogP contribution >= 0.6 is 0 Å². The minimum Gasteiger partial charge on any atom is -0.480 e. The number of aliphatic carboxylic acids is 1. The van der Waals surface area contributed by atoms with Crippen molar-refractivity contribution >= 4 is 29.7 Å². The zero-order chi connectivity index (χ0) is 28.0. The molecule has 12 heteroatoms. The maximum Gasteiger partial charge on any atom is 0.326 e. The normalized spacial score (nSPS) is 16.9. The fourth-order valence-corrected chi connectivity index (χ4v) is 3.43. The van der Waals surface area contributed by atoms with E-state index in [1.165, 1.54) is 0 Å². The van der Waals surface area contributed by atoms with E-state index in [1.54, 1.807) is 6.92 Å². The Hall–Kier alpha value is -2.89. The summed E-state index contributed by atoms with van der Waals surface area (Å²) >= 11 is 0. The van der Waals surface area contributed by atoms with E-state index in [1.807, 2.05) is 34.6 Å². The molecular weight excluding hydrogens is 466 g/mol. The second-order valence-corrected chi connectivity index (χ2v) is 9.50. The number of nitrogens with one attached hydrogen (secondary N) is 3. The third-order valence-corrected chi connectivity index (χ3v) is 6.71. The van der Waals surface area contributed by atoms with Gasteiger partial charge in [0, 0.05) is 6.54 Å². The molecule has 0 aromatic rings. The van der Waals surface area contributed by atoms with Crippen molar-refractivity contribution in [3.8, 4) is 0 Å². The van der Waals surface area contributed by atoms with Gasteiger partial charge >= 0.3 is 5.97 Å². The maximum atomic E-state index is 13.3. The van der Waals surface area contributed by atoms with Crippen molar-refractivity contribution in [3.05, 3.63) is 0 Å². The van der Waals surface area contributed by atoms with Crippen molar-refractivity contribution in [1.29, 1.82) is 0 Å². The lowest BCUT2D eigenvalue weighted by Crippen LogP contribution is -2.60. The zero-order valence-corrected chi connectivity index (χ0v) is 22.5. The molecule has 10 N–H and O–H groups in total. The Bertz CT molecular complexity index is 757. The number of aliphatic imine (C=N–C) groups is 1. The lowest BCUT2D eigenvalue weighted by Gasteiger charge is -2.30. The van der Waals surface area contributed by atoms with Crippen LogP contribution in [0.2, 0.25) is 0 Å². The monoisotopic (exact) mass is 513 g/mol. The summed E-state index contributed by atoms with van der Waals surface area (Å²) in [7, 11) is 0. The van der Waals surface area contributed by atoms with Crippen molar-refractivity contribution in [3.63, 3.8) is 0 Å². The number of hydrogen-bond donors (Lipinski definition) is 7. The van der Waals surface area contributed by atoms with E-state index in [2.05, 4.69) is 20.9 Å². The lowest BCUT2D eigenvalue weighted by atomic mass is 9.93. The van der Waals surface area contributed by atoms with Crippen LogP contribution in [0.15, 0.2) is 4.99 Å². The summed E-state index contributed by atoms with van der Waals surface area (Å²) < 4.78 is 0. The molecule has 3 amide bonds. The first kappa shape index (κ1) is 33.1. The second kappa shape index (κ2) is 16.7. The predicted octanol–water partition coefficient (Wildman–Crippen LogP) is 0.0446. The number of nitrogens with two attached hydrogens (primary N) is 3. The highest BCUT2D eigenvalue weighted by molar-refractivity contribution is 5.94. The van der Waals surface area contributed by atoms with Gasteiger partial charge in [-0.05, 0) is 30.6 Å². The maximum absolute atomic E-state index is 13.3. The standard InChI is InChI=1S/C24H47N7O5/c1-7-13(4)17(25)20(32)30-19(15(6)9-3)22(34)31-18(14(5)8-2)21(33)29-16(23(35)36)11-10-12-28-24(26)27/h13-19H,7-12,25H2,1-6H3,(H,29,33)(H,30,32)(H,31,34)(H,35,36)(H4,26,27,28). The fourth-order valence-electron chi connectivity index (χ4n) is 3.43. The molecule has 0 heterocycles. The first-order chi connectivity index (χ1) is 16.8. The molecule has 7 atom stereocenters. The Morgan fingerprint density at radius 1 is 0.778 bits per heavy atom. The minimum absolute atomic E-state index is 0.0655. The number of amides is 3. The molecule has 0 aliphatic rings. The van der Waals surface area contributed by atoms with E-state index < -0.39 is 47.9 Å². The summed E-state index contributed by atoms with van der Waals surface area (Å²) in [5.41, 5.74) is 16.6. The summed E-state index contributed by atoms with van der Waals surface area (Å²) in [6.07, 6.45) is 2.32. The molecular formula is C24H47N7O5. The van der Waals surface area contributed by atoms with E-state index in [-0.39, 0.29) is 36.7 Å². The topological polar surface area (TPSA) is 215 Å². The number of hydrogen-bond acceptors (Lipinski definition) is 6. The molecule has 0 saturated heterocycles. The van der Waals surface area contributed by atoms with Crippen LogP contribution in [0.3, 0.4) is 0 Å². The highest BCUT2D eigenvalue weighted by atomic mass is 16.4. The average Bonchev–Trinajstić information content (AvgIpc) is 2.84. The van der Waals surface area contributed by atoms with Gasteiger partial charge in [-0.25, -0.2) is 4.79 Å². The number of carbonyl (C=O) groups is 4. The average molecular weight is 514 g/mol. The van der Waals surface area contributed by atoms with Crippen LogP contribution < -0.4 is 33.2 Å². The molecule has 0 aromatic carbocycles. The Labute approximate surface area is 214 Å². The second-order valence-electron chi connectivity index (χ2n) is 9.50. The van der Waals surface area contributed by atoms with Gasteiger partial charge in [0.2, 0.25) is 17.7 Å². The highest BCUT2D eigenvalue weighted by Crippen LogP contribution is 2.14. The molecule has 0 rings (SSSR count). The molecule has 0 bridgehead atoms. The summed E-state index contributed by atoms with van der Waals surface area (Å²) in [5, 5.41) is 17.6. The third kappa shape index (κ3) is 11.2. The summed E-state index contributed by atoms with van der Waals surface area (Å²) in [6, 6.07) is -3.83. The lowest BCUT2D eigenvalue weighted by molar-refractivity contribution is -0.143. The van der Waals surface area contributed by atoms with Gasteiger partial charge in [0.15, 0.2) is 5.96 Å². The van der Waals surface area contributed by atoms with Gasteiger partial charge in [0.1, 0.15) is 18.1 Å². The molecule has 0 aliphatic carbocycles. The van der Waals surface area contributed by atoms with Crippen LogP contribution in [0.1, 0.15) is 73.6 Å². The molecule has 0 radical (unpaired) electrons. The van der Waals surface area contributed by atoms with E-state index in [9.17, 15) is 24.3 Å². The smallest absolute Gasteiger partial charge is 0.326 e. The van der Waals surface area contributed by atoms with Gasteiger partial charge in [-0.3, -0.25) is 19.4 Å². The van der Waals surface area contributed by atoms with Gasteiger partial charge in [0.25, 0.3) is 0 Å². The zero-order valence-electron chi connectivity index (χ0n) is 22.5. The fraction of sp³-hybridized carbons (Fsp3) is 0.792. The molecule has 36 heavy (non-hydrogen) atoms. The molecule has 0 aromatic heterocycles. The Balaban J connectivity index is 5.59. The highest BCUT2D eigenvalue weighted by Gasteiger charge is 2.34. The van der Waals surface area contributed by atoms with Crippen LogP contribution in [0.5, 0.6) is 0 Å². The SMILES string of the molecule is CCC(C)C(N)C(=O)NC(C(=O)NC(C(=O)NC(CCCN=C(N)N)C(=O)O)C(C)CC)C(C)CC. The van der Waals surface area contributed by atoms with Crippen LogP contribution in [-0.4, -0.2) is 65.5 Å². The van der Waals surface area contributed by atoms with E-state index in [0.29, 0.717) is 25.7 Å². The van der Waals surface area contributed by atoms with Crippen LogP contribution in [0.4, 0.5) is 0 Å². The Morgan fingerprint density at radius 2 is 1.22 bits per heavy atom. The number of nitrogens with zero attached hydrogens (tertiary/aromatic N) is 1. The van der Waals surface area contributed by atoms with Crippen molar-refractivity contribution < 1.29 is 24.3 Å². The van der Waals surface area contributed by atoms with Crippen LogP contribution in [-0.2, 0) is 19.2 Å². The third-order valence-electron chi connectivity index (χ3n) is 6.71. The number of carbonyl (C=O) groups excluding carboxylic acids is 3. The number of rotatable bonds is 17. The minimum atomic E-state index is -1.20. The van der Waals surface area contributed by atoms with Crippen molar-refractivity contribution in [1.82, 2.24) is 16.0 Å². The molecule has 0 spiro atoms. The van der Waals surface area contributed by atoms with Crippen LogP contribution in [0, 0.1) is 17.8 Å². The Kier molecular flexibility index (Phi) is 15.4. The van der Waals surface area contributed by atoms with Crippen molar-refractivity contribution in [2.24, 2.45) is 39.9 Å². The quantitative estimate of drug-likeness (QED) is 0.0798. The van der Waals surface area contributed by atoms with E-state index in [0.717, 1.165) is 0 Å². The number of carboxylic acid groups (broad SMARTS) is 1. The Morgan fingerprint density at radius 3 is 1.64 bits per heavy atom. The first-order valence-electron chi connectivity index (χ1n) is 12.7. The molecule has 12 nitrogen and oxygen atoms in total. The summed E-state index contributed by atoms with van der Waals surface area (Å²) in [4.78, 5) is 54.6. The number of guanidine groups is 1. The molecule has 7 unspecified atom stereocenters. The summed E-state index contributed by atoms with van der Waals surface area (Å²) in [6.45, 7) is 11.4. The molecule has 0 fully saturated rings. The van der Waals surface area contributed by atoms with Gasteiger partial charge < -0.3 is 38.3 Å². The van der Waals surface area contributed by atoms with Gasteiger partial charge in [-0.1, -0.05) is 60.8 Å². The van der Waals surface area contributed by atoms with Gasteiger partial charge in [0.05, 0.1) is 6.04 Å².